The highest BCUT2D eigenvalue weighted by Gasteiger charge is 2.21. The van der Waals surface area contributed by atoms with Crippen LogP contribution in [0, 0.1) is 18.3 Å². The minimum Gasteiger partial charge on any atom is -0.464 e. The molecule has 0 unspecified atom stereocenters. The predicted molar refractivity (Wildman–Crippen MR) is 110 cm³/mol. The van der Waals surface area contributed by atoms with Crippen LogP contribution in [0.5, 0.6) is 0 Å². The van der Waals surface area contributed by atoms with Crippen LogP contribution in [-0.4, -0.2) is 37.2 Å². The number of aromatic nitrogens is 5. The number of carbonyl (C=O) groups is 1. The molecular formula is C21H19N7O2. The predicted octanol–water partition coefficient (Wildman–Crippen LogP) is 2.61. The highest BCUT2D eigenvalue weighted by molar-refractivity contribution is 5.95. The van der Waals surface area contributed by atoms with E-state index in [0.717, 1.165) is 22.6 Å². The molecule has 0 fully saturated rings. The number of carbonyl (C=O) groups excluding carboxylic acids is 1. The molecule has 9 heteroatoms. The fourth-order valence-corrected chi connectivity index (χ4v) is 3.35. The number of nitrogen functional groups attached to an aromatic ring is 1. The van der Waals surface area contributed by atoms with Gasteiger partial charge in [-0.1, -0.05) is 0 Å². The van der Waals surface area contributed by atoms with Crippen molar-refractivity contribution >= 4 is 11.7 Å². The zero-order chi connectivity index (χ0) is 21.4. The topological polar surface area (TPSA) is 117 Å². The Morgan fingerprint density at radius 2 is 1.83 bits per heavy atom. The first kappa shape index (κ1) is 19.0. The lowest BCUT2D eigenvalue weighted by atomic mass is 10.2. The van der Waals surface area contributed by atoms with Gasteiger partial charge in [-0.05, 0) is 37.3 Å². The number of esters is 1. The molecule has 0 atom stereocenters. The summed E-state index contributed by atoms with van der Waals surface area (Å²) in [5, 5.41) is 18.2. The van der Waals surface area contributed by atoms with Crippen molar-refractivity contribution in [1.29, 1.82) is 5.26 Å². The van der Waals surface area contributed by atoms with Gasteiger partial charge in [0.15, 0.2) is 5.69 Å². The molecule has 0 spiro atoms. The van der Waals surface area contributed by atoms with E-state index in [1.165, 1.54) is 13.3 Å². The number of aryl methyl sites for hydroxylation is 2. The molecule has 30 heavy (non-hydrogen) atoms. The van der Waals surface area contributed by atoms with E-state index in [2.05, 4.69) is 10.2 Å². The monoisotopic (exact) mass is 401 g/mol. The van der Waals surface area contributed by atoms with Gasteiger partial charge in [0.2, 0.25) is 0 Å². The molecule has 1 aromatic carbocycles. The van der Waals surface area contributed by atoms with Gasteiger partial charge in [0.25, 0.3) is 0 Å². The second-order valence-corrected chi connectivity index (χ2v) is 6.74. The Kier molecular flexibility index (Phi) is 4.60. The summed E-state index contributed by atoms with van der Waals surface area (Å²) in [6.45, 7) is 1.94. The molecule has 3 heterocycles. The second-order valence-electron chi connectivity index (χ2n) is 6.74. The molecular weight excluding hydrogens is 382 g/mol. The Morgan fingerprint density at radius 3 is 2.43 bits per heavy atom. The molecule has 4 aromatic rings. The molecule has 9 nitrogen and oxygen atoms in total. The number of ether oxygens (including phenoxy) is 1. The first-order valence-electron chi connectivity index (χ1n) is 9.09. The van der Waals surface area contributed by atoms with Crippen LogP contribution in [-0.2, 0) is 11.8 Å². The van der Waals surface area contributed by atoms with E-state index in [9.17, 15) is 10.1 Å². The highest BCUT2D eigenvalue weighted by Crippen LogP contribution is 2.26. The Balaban J connectivity index is 1.69. The van der Waals surface area contributed by atoms with Crippen molar-refractivity contribution in [3.8, 4) is 28.7 Å². The van der Waals surface area contributed by atoms with Gasteiger partial charge in [-0.25, -0.2) is 9.48 Å². The van der Waals surface area contributed by atoms with Crippen LogP contribution in [0.15, 0.2) is 48.9 Å². The van der Waals surface area contributed by atoms with Gasteiger partial charge in [0.05, 0.1) is 35.4 Å². The van der Waals surface area contributed by atoms with Gasteiger partial charge < -0.3 is 15.0 Å². The first-order chi connectivity index (χ1) is 14.4. The number of benzene rings is 1. The van der Waals surface area contributed by atoms with Crippen LogP contribution < -0.4 is 5.73 Å². The quantitative estimate of drug-likeness (QED) is 0.525. The summed E-state index contributed by atoms with van der Waals surface area (Å²) >= 11 is 0. The standard InChI is InChI=1S/C21H19N7O2/c1-13-17(12-26(2)24-13)18-8-9-28(25-18)16-6-4-15(5-7-16)27-11-14(10-22)19(23)20(27)21(29)30-3/h4-9,11-12H,23H2,1-3H3. The number of methoxy groups -OCH3 is 1. The summed E-state index contributed by atoms with van der Waals surface area (Å²) in [4.78, 5) is 12.2. The summed E-state index contributed by atoms with van der Waals surface area (Å²) < 4.78 is 9.89. The third-order valence-corrected chi connectivity index (χ3v) is 4.81. The van der Waals surface area contributed by atoms with Gasteiger partial charge in [0, 0.05) is 36.9 Å². The summed E-state index contributed by atoms with van der Waals surface area (Å²) in [5.41, 5.74) is 10.6. The van der Waals surface area contributed by atoms with E-state index >= 15 is 0 Å². The van der Waals surface area contributed by atoms with Crippen molar-refractivity contribution in [2.24, 2.45) is 7.05 Å². The minimum atomic E-state index is -0.610. The molecule has 0 saturated heterocycles. The number of anilines is 1. The summed E-state index contributed by atoms with van der Waals surface area (Å²) in [7, 11) is 3.15. The van der Waals surface area contributed by atoms with Gasteiger partial charge in [-0.2, -0.15) is 15.5 Å². The van der Waals surface area contributed by atoms with Crippen LogP contribution in [0.1, 0.15) is 21.7 Å². The average Bonchev–Trinajstić information content (AvgIpc) is 3.44. The number of hydrogen-bond acceptors (Lipinski definition) is 6. The summed E-state index contributed by atoms with van der Waals surface area (Å²) in [5.74, 6) is -0.610. The van der Waals surface area contributed by atoms with E-state index in [1.54, 1.807) is 13.9 Å². The molecule has 0 aliphatic heterocycles. The molecule has 0 radical (unpaired) electrons. The molecule has 0 aliphatic rings. The molecule has 0 bridgehead atoms. The lowest BCUT2D eigenvalue weighted by Gasteiger charge is -2.09. The maximum Gasteiger partial charge on any atom is 0.357 e. The van der Waals surface area contributed by atoms with Crippen molar-refractivity contribution in [3.63, 3.8) is 0 Å². The van der Waals surface area contributed by atoms with Gasteiger partial charge in [0.1, 0.15) is 6.07 Å². The Morgan fingerprint density at radius 1 is 1.13 bits per heavy atom. The average molecular weight is 401 g/mol. The summed E-state index contributed by atoms with van der Waals surface area (Å²) in [6, 6.07) is 11.3. The fraction of sp³-hybridized carbons (Fsp3) is 0.143. The zero-order valence-corrected chi connectivity index (χ0v) is 16.7. The second kappa shape index (κ2) is 7.25. The lowest BCUT2D eigenvalue weighted by molar-refractivity contribution is 0.0593. The zero-order valence-electron chi connectivity index (χ0n) is 16.7. The van der Waals surface area contributed by atoms with Gasteiger partial charge in [-0.3, -0.25) is 4.68 Å². The summed E-state index contributed by atoms with van der Waals surface area (Å²) in [6.07, 6.45) is 5.33. The number of nitrogens with zero attached hydrogens (tertiary/aromatic N) is 6. The van der Waals surface area contributed by atoms with E-state index in [4.69, 9.17) is 10.5 Å². The van der Waals surface area contributed by atoms with E-state index in [1.807, 2.05) is 62.8 Å². The molecule has 0 amide bonds. The molecule has 2 N–H and O–H groups in total. The van der Waals surface area contributed by atoms with Crippen LogP contribution in [0.4, 0.5) is 5.69 Å². The third-order valence-electron chi connectivity index (χ3n) is 4.81. The maximum atomic E-state index is 12.2. The van der Waals surface area contributed by atoms with Crippen molar-refractivity contribution < 1.29 is 9.53 Å². The fourth-order valence-electron chi connectivity index (χ4n) is 3.35. The van der Waals surface area contributed by atoms with Crippen molar-refractivity contribution in [3.05, 3.63) is 65.9 Å². The van der Waals surface area contributed by atoms with Crippen molar-refractivity contribution in [1.82, 2.24) is 24.1 Å². The van der Waals surface area contributed by atoms with Crippen LogP contribution in [0.2, 0.25) is 0 Å². The molecule has 3 aromatic heterocycles. The Bertz CT molecular complexity index is 1290. The molecule has 0 saturated carbocycles. The van der Waals surface area contributed by atoms with Gasteiger partial charge >= 0.3 is 5.97 Å². The SMILES string of the molecule is COC(=O)c1c(N)c(C#N)cn1-c1ccc(-n2ccc(-c3cn(C)nc3C)n2)cc1. The molecule has 4 rings (SSSR count). The first-order valence-corrected chi connectivity index (χ1v) is 9.09. The smallest absolute Gasteiger partial charge is 0.357 e. The Hall–Kier alpha value is -4.32. The van der Waals surface area contributed by atoms with Crippen LogP contribution >= 0.6 is 0 Å². The van der Waals surface area contributed by atoms with E-state index in [0.29, 0.717) is 5.69 Å². The lowest BCUT2D eigenvalue weighted by Crippen LogP contribution is -2.11. The minimum absolute atomic E-state index is 0.0944. The van der Waals surface area contributed by atoms with E-state index < -0.39 is 5.97 Å². The van der Waals surface area contributed by atoms with Crippen molar-refractivity contribution in [2.75, 3.05) is 12.8 Å². The number of nitrogens with two attached hydrogens (primary N) is 1. The third kappa shape index (κ3) is 3.10. The number of hydrogen-bond donors (Lipinski definition) is 1. The highest BCUT2D eigenvalue weighted by atomic mass is 16.5. The number of rotatable bonds is 4. The molecule has 150 valence electrons. The van der Waals surface area contributed by atoms with Crippen LogP contribution in [0.25, 0.3) is 22.6 Å². The Labute approximate surface area is 172 Å². The van der Waals surface area contributed by atoms with Gasteiger partial charge in [-0.15, -0.1) is 0 Å². The van der Waals surface area contributed by atoms with Crippen LogP contribution in [0.3, 0.4) is 0 Å². The van der Waals surface area contributed by atoms with Crippen molar-refractivity contribution in [2.45, 2.75) is 6.92 Å². The maximum absolute atomic E-state index is 12.2. The normalized spacial score (nSPS) is 10.7. The number of nitriles is 1. The van der Waals surface area contributed by atoms with E-state index in [-0.39, 0.29) is 16.9 Å². The molecule has 0 aliphatic carbocycles. The largest absolute Gasteiger partial charge is 0.464 e.